The van der Waals surface area contributed by atoms with Crippen LogP contribution in [0.5, 0.6) is 0 Å². The molecule has 1 aliphatic rings. The molecular formula is C13H14N2O4S. The molecule has 0 aliphatic carbocycles. The highest BCUT2D eigenvalue weighted by Crippen LogP contribution is 2.32. The minimum atomic E-state index is -0.858. The van der Waals surface area contributed by atoms with Crippen LogP contribution < -0.4 is 0 Å². The summed E-state index contributed by atoms with van der Waals surface area (Å²) in [7, 11) is 0. The van der Waals surface area contributed by atoms with Crippen LogP contribution in [0.25, 0.3) is 4.96 Å². The molecule has 7 heteroatoms. The van der Waals surface area contributed by atoms with Crippen molar-refractivity contribution in [3.63, 3.8) is 0 Å². The van der Waals surface area contributed by atoms with Crippen molar-refractivity contribution in [1.82, 2.24) is 9.38 Å². The zero-order valence-corrected chi connectivity index (χ0v) is 12.2. The second-order valence-electron chi connectivity index (χ2n) is 5.48. The molecule has 2 aromatic heterocycles. The average Bonchev–Trinajstić information content (AvgIpc) is 3.02. The van der Waals surface area contributed by atoms with Crippen LogP contribution >= 0.6 is 11.3 Å². The predicted molar refractivity (Wildman–Crippen MR) is 71.7 cm³/mol. The van der Waals surface area contributed by atoms with E-state index in [0.717, 1.165) is 10.7 Å². The molecule has 0 bridgehead atoms. The minimum Gasteiger partial charge on any atom is -0.462 e. The molecule has 20 heavy (non-hydrogen) atoms. The number of hydrogen-bond donors (Lipinski definition) is 0. The van der Waals surface area contributed by atoms with Gasteiger partial charge in [-0.25, -0.2) is 14.6 Å². The first kappa shape index (κ1) is 13.1. The Balaban J connectivity index is 1.88. The molecule has 1 fully saturated rings. The molecule has 1 aliphatic heterocycles. The fraction of sp³-hybridized carbons (Fsp3) is 0.462. The summed E-state index contributed by atoms with van der Waals surface area (Å²) in [6.45, 7) is 5.75. The van der Waals surface area contributed by atoms with E-state index in [1.54, 1.807) is 12.4 Å². The Morgan fingerprint density at radius 1 is 1.60 bits per heavy atom. The van der Waals surface area contributed by atoms with Gasteiger partial charge in [0.1, 0.15) is 11.5 Å². The molecule has 0 spiro atoms. The van der Waals surface area contributed by atoms with Crippen molar-refractivity contribution in [3.05, 3.63) is 23.0 Å². The number of carbonyl (C=O) groups is 2. The largest absolute Gasteiger partial charge is 0.462 e. The van der Waals surface area contributed by atoms with Gasteiger partial charge >= 0.3 is 11.9 Å². The molecule has 6 nitrogen and oxygen atoms in total. The van der Waals surface area contributed by atoms with E-state index in [0.29, 0.717) is 4.88 Å². The van der Waals surface area contributed by atoms with Crippen LogP contribution in [0.3, 0.4) is 0 Å². The maximum Gasteiger partial charge on any atom is 0.351 e. The number of nitrogens with zero attached hydrogens (tertiary/aromatic N) is 2. The third-order valence-electron chi connectivity index (χ3n) is 3.41. The van der Waals surface area contributed by atoms with Gasteiger partial charge in [-0.1, -0.05) is 25.2 Å². The number of rotatable bonds is 2. The molecule has 0 saturated carbocycles. The zero-order valence-electron chi connectivity index (χ0n) is 11.4. The van der Waals surface area contributed by atoms with Gasteiger partial charge in [0.2, 0.25) is 6.10 Å². The summed E-state index contributed by atoms with van der Waals surface area (Å²) in [5, 5.41) is 0. The van der Waals surface area contributed by atoms with Gasteiger partial charge in [-0.15, -0.1) is 0 Å². The fourth-order valence-corrected chi connectivity index (χ4v) is 3.15. The number of fused-ring (bicyclic) bond motifs is 1. The van der Waals surface area contributed by atoms with Crippen LogP contribution in [0.2, 0.25) is 0 Å². The smallest absolute Gasteiger partial charge is 0.351 e. The summed E-state index contributed by atoms with van der Waals surface area (Å²) in [4.78, 5) is 29.2. The first-order valence-corrected chi connectivity index (χ1v) is 7.02. The second kappa shape index (κ2) is 4.31. The first-order valence-electron chi connectivity index (χ1n) is 6.20. The van der Waals surface area contributed by atoms with Crippen molar-refractivity contribution >= 4 is 28.2 Å². The monoisotopic (exact) mass is 294 g/mol. The highest BCUT2D eigenvalue weighted by Gasteiger charge is 2.47. The Bertz CT molecular complexity index is 700. The predicted octanol–water partition coefficient (Wildman–Crippen LogP) is 1.81. The number of esters is 2. The SMILES string of the molecule is Cc1c(C(=O)O[C@H]2C(=O)OCC2(C)C)sc2nccn12. The highest BCUT2D eigenvalue weighted by atomic mass is 32.1. The first-order chi connectivity index (χ1) is 9.40. The Morgan fingerprint density at radius 2 is 2.35 bits per heavy atom. The minimum absolute atomic E-state index is 0.260. The average molecular weight is 294 g/mol. The van der Waals surface area contributed by atoms with Crippen molar-refractivity contribution in [2.75, 3.05) is 6.61 Å². The lowest BCUT2D eigenvalue weighted by Crippen LogP contribution is -2.34. The van der Waals surface area contributed by atoms with E-state index in [4.69, 9.17) is 9.47 Å². The van der Waals surface area contributed by atoms with Crippen LogP contribution in [0.1, 0.15) is 29.2 Å². The van der Waals surface area contributed by atoms with Gasteiger partial charge in [-0.3, -0.25) is 4.40 Å². The third-order valence-corrected chi connectivity index (χ3v) is 4.56. The Morgan fingerprint density at radius 3 is 2.95 bits per heavy atom. The number of aryl methyl sites for hydroxylation is 1. The van der Waals surface area contributed by atoms with Crippen LogP contribution in [0.4, 0.5) is 0 Å². The lowest BCUT2D eigenvalue weighted by Gasteiger charge is -2.21. The van der Waals surface area contributed by atoms with E-state index in [2.05, 4.69) is 4.98 Å². The van der Waals surface area contributed by atoms with Crippen molar-refractivity contribution in [2.45, 2.75) is 26.9 Å². The molecule has 0 unspecified atom stereocenters. The third kappa shape index (κ3) is 1.89. The van der Waals surface area contributed by atoms with E-state index in [1.807, 2.05) is 25.2 Å². The highest BCUT2D eigenvalue weighted by molar-refractivity contribution is 7.19. The number of imidazole rings is 1. The number of thiazole rings is 1. The number of hydrogen-bond acceptors (Lipinski definition) is 6. The van der Waals surface area contributed by atoms with Gasteiger partial charge in [-0.05, 0) is 6.92 Å². The summed E-state index contributed by atoms with van der Waals surface area (Å²) in [5.41, 5.74) is 0.259. The molecule has 106 valence electrons. The van der Waals surface area contributed by atoms with Crippen LogP contribution in [-0.2, 0) is 14.3 Å². The maximum absolute atomic E-state index is 12.3. The normalized spacial score (nSPS) is 21.1. The van der Waals surface area contributed by atoms with E-state index < -0.39 is 23.5 Å². The standard InChI is InChI=1S/C13H14N2O4S/c1-7-8(20-12-14-4-5-15(7)12)10(16)19-9-11(17)18-6-13(9,2)3/h4-5,9H,6H2,1-3H3/t9-/m0/s1. The lowest BCUT2D eigenvalue weighted by atomic mass is 9.90. The molecule has 1 atom stereocenters. The Kier molecular flexibility index (Phi) is 2.82. The van der Waals surface area contributed by atoms with E-state index in [-0.39, 0.29) is 6.61 Å². The fourth-order valence-electron chi connectivity index (χ4n) is 2.18. The van der Waals surface area contributed by atoms with E-state index in [9.17, 15) is 9.59 Å². The van der Waals surface area contributed by atoms with Crippen molar-refractivity contribution in [3.8, 4) is 0 Å². The number of carbonyl (C=O) groups excluding carboxylic acids is 2. The molecule has 0 amide bonds. The van der Waals surface area contributed by atoms with E-state index >= 15 is 0 Å². The van der Waals surface area contributed by atoms with E-state index in [1.165, 1.54) is 11.3 Å². The lowest BCUT2D eigenvalue weighted by molar-refractivity contribution is -0.145. The quantitative estimate of drug-likeness (QED) is 0.790. The Labute approximate surface area is 119 Å². The van der Waals surface area contributed by atoms with Crippen LogP contribution in [0.15, 0.2) is 12.4 Å². The molecule has 0 aromatic carbocycles. The van der Waals surface area contributed by atoms with Crippen molar-refractivity contribution in [2.24, 2.45) is 5.41 Å². The number of ether oxygens (including phenoxy) is 2. The summed E-state index contributed by atoms with van der Waals surface area (Å²) >= 11 is 1.25. The maximum atomic E-state index is 12.3. The van der Waals surface area contributed by atoms with Crippen molar-refractivity contribution < 1.29 is 19.1 Å². The van der Waals surface area contributed by atoms with Gasteiger partial charge < -0.3 is 9.47 Å². The topological polar surface area (TPSA) is 69.9 Å². The number of cyclic esters (lactones) is 1. The summed E-state index contributed by atoms with van der Waals surface area (Å²) in [6, 6.07) is 0. The second-order valence-corrected chi connectivity index (χ2v) is 6.46. The molecule has 1 saturated heterocycles. The Hall–Kier alpha value is -1.89. The summed E-state index contributed by atoms with van der Waals surface area (Å²) in [6.07, 6.45) is 2.60. The molecule has 2 aromatic rings. The summed E-state index contributed by atoms with van der Waals surface area (Å²) < 4.78 is 12.1. The van der Waals surface area contributed by atoms with Gasteiger partial charge in [-0.2, -0.15) is 0 Å². The zero-order chi connectivity index (χ0) is 14.5. The van der Waals surface area contributed by atoms with Crippen molar-refractivity contribution in [1.29, 1.82) is 0 Å². The van der Waals surface area contributed by atoms with Gasteiger partial charge in [0.25, 0.3) is 0 Å². The molecule has 0 radical (unpaired) electrons. The molecule has 0 N–H and O–H groups in total. The molecular weight excluding hydrogens is 280 g/mol. The number of aromatic nitrogens is 2. The van der Waals surface area contributed by atoms with Gasteiger partial charge in [0.15, 0.2) is 4.96 Å². The van der Waals surface area contributed by atoms with Gasteiger partial charge in [0.05, 0.1) is 0 Å². The molecule has 3 rings (SSSR count). The molecule has 3 heterocycles. The summed E-state index contributed by atoms with van der Waals surface area (Å²) in [5.74, 6) is -0.989. The van der Waals surface area contributed by atoms with Crippen LogP contribution in [0, 0.1) is 12.3 Å². The van der Waals surface area contributed by atoms with Gasteiger partial charge in [0, 0.05) is 23.5 Å². The van der Waals surface area contributed by atoms with Crippen LogP contribution in [-0.4, -0.2) is 34.0 Å².